The highest BCUT2D eigenvalue weighted by atomic mass is 19.1. The number of pyridine rings is 1. The van der Waals surface area contributed by atoms with Crippen molar-refractivity contribution in [2.45, 2.75) is 25.8 Å². The normalized spacial score (nSPS) is 15.8. The molecule has 1 saturated heterocycles. The summed E-state index contributed by atoms with van der Waals surface area (Å²) in [6, 6.07) is 13.4. The van der Waals surface area contributed by atoms with E-state index in [1.807, 2.05) is 6.07 Å². The van der Waals surface area contributed by atoms with Crippen LogP contribution >= 0.6 is 0 Å². The number of rotatable bonds is 5. The van der Waals surface area contributed by atoms with Gasteiger partial charge in [-0.05, 0) is 68.3 Å². The molecule has 35 heavy (non-hydrogen) atoms. The van der Waals surface area contributed by atoms with E-state index < -0.39 is 0 Å². The second-order valence-electron chi connectivity index (χ2n) is 8.60. The van der Waals surface area contributed by atoms with Gasteiger partial charge in [0.25, 0.3) is 0 Å². The van der Waals surface area contributed by atoms with Crippen LogP contribution in [0.15, 0.2) is 78.4 Å². The first-order valence-electron chi connectivity index (χ1n) is 11.5. The first-order valence-corrected chi connectivity index (χ1v) is 11.5. The van der Waals surface area contributed by atoms with E-state index in [1.54, 1.807) is 69.7 Å². The fourth-order valence-corrected chi connectivity index (χ4v) is 4.65. The minimum absolute atomic E-state index is 0.128. The monoisotopic (exact) mass is 472 g/mol. The lowest BCUT2D eigenvalue weighted by Gasteiger charge is -2.32. The zero-order chi connectivity index (χ0) is 24.5. The maximum Gasteiger partial charge on any atom is 0.334 e. The Kier molecular flexibility index (Phi) is 5.94. The molecule has 8 heteroatoms. The van der Waals surface area contributed by atoms with E-state index in [0.717, 1.165) is 18.4 Å². The largest absolute Gasteiger partial charge is 0.457 e. The molecule has 1 atom stereocenters. The molecule has 0 radical (unpaired) electrons. The van der Waals surface area contributed by atoms with Crippen LogP contribution in [0.1, 0.15) is 24.4 Å². The number of hydrogen-bond donors (Lipinski definition) is 0. The Morgan fingerprint density at radius 3 is 2.74 bits per heavy atom. The number of benzene rings is 2. The Morgan fingerprint density at radius 2 is 1.97 bits per heavy atom. The molecule has 0 N–H and O–H groups in total. The van der Waals surface area contributed by atoms with Crippen LogP contribution in [0.2, 0.25) is 0 Å². The number of nitrogens with zero attached hydrogens (tertiary/aromatic N) is 4. The summed E-state index contributed by atoms with van der Waals surface area (Å²) in [6.45, 7) is 6.35. The van der Waals surface area contributed by atoms with Crippen LogP contribution in [0.4, 0.5) is 4.39 Å². The fourth-order valence-electron chi connectivity index (χ4n) is 4.65. The van der Waals surface area contributed by atoms with Gasteiger partial charge < -0.3 is 9.64 Å². The summed E-state index contributed by atoms with van der Waals surface area (Å²) in [7, 11) is 0. The predicted octanol–water partition coefficient (Wildman–Crippen LogP) is 4.78. The molecule has 0 bridgehead atoms. The van der Waals surface area contributed by atoms with Crippen molar-refractivity contribution >= 4 is 16.9 Å². The SMILES string of the molecule is C=CC(=O)N1CCCC(n2c(=O)n(-c3ccc(Oc4cccc(F)c4C)cc3)c3cnccc32)C1. The van der Waals surface area contributed by atoms with E-state index >= 15 is 0 Å². The van der Waals surface area contributed by atoms with E-state index in [9.17, 15) is 14.0 Å². The molecule has 178 valence electrons. The van der Waals surface area contributed by atoms with Crippen molar-refractivity contribution in [2.75, 3.05) is 13.1 Å². The summed E-state index contributed by atoms with van der Waals surface area (Å²) in [5.41, 5.74) is 2.33. The number of carbonyl (C=O) groups is 1. The zero-order valence-electron chi connectivity index (χ0n) is 19.4. The van der Waals surface area contributed by atoms with E-state index in [4.69, 9.17) is 4.74 Å². The lowest BCUT2D eigenvalue weighted by Crippen LogP contribution is -2.42. The third-order valence-corrected chi connectivity index (χ3v) is 6.46. The van der Waals surface area contributed by atoms with Crippen molar-refractivity contribution in [1.82, 2.24) is 19.0 Å². The molecule has 5 rings (SSSR count). The van der Waals surface area contributed by atoms with Crippen molar-refractivity contribution in [2.24, 2.45) is 0 Å². The van der Waals surface area contributed by atoms with Crippen molar-refractivity contribution in [3.63, 3.8) is 0 Å². The average Bonchev–Trinajstić information content (AvgIpc) is 3.18. The summed E-state index contributed by atoms with van der Waals surface area (Å²) < 4.78 is 23.1. The lowest BCUT2D eigenvalue weighted by molar-refractivity contribution is -0.127. The predicted molar refractivity (Wildman–Crippen MR) is 132 cm³/mol. The maximum atomic E-state index is 13.9. The molecule has 0 aliphatic carbocycles. The van der Waals surface area contributed by atoms with E-state index in [-0.39, 0.29) is 23.5 Å². The Labute approximate surface area is 201 Å². The van der Waals surface area contributed by atoms with Gasteiger partial charge in [-0.3, -0.25) is 18.9 Å². The molecule has 1 aliphatic heterocycles. The molecule has 1 aliphatic rings. The molecular formula is C27H25FN4O3. The smallest absolute Gasteiger partial charge is 0.334 e. The Morgan fingerprint density at radius 1 is 1.17 bits per heavy atom. The van der Waals surface area contributed by atoms with Crippen molar-refractivity contribution < 1.29 is 13.9 Å². The summed E-state index contributed by atoms with van der Waals surface area (Å²) in [5, 5.41) is 0. The third-order valence-electron chi connectivity index (χ3n) is 6.46. The van der Waals surface area contributed by atoms with Gasteiger partial charge in [0.05, 0.1) is 29.0 Å². The second kappa shape index (κ2) is 9.21. The third kappa shape index (κ3) is 4.12. The van der Waals surface area contributed by atoms with E-state index in [1.165, 1.54) is 12.1 Å². The van der Waals surface area contributed by atoms with Gasteiger partial charge in [0, 0.05) is 24.8 Å². The molecular weight excluding hydrogens is 447 g/mol. The molecule has 1 fully saturated rings. The number of piperidine rings is 1. The first kappa shape index (κ1) is 22.6. The molecule has 0 saturated carbocycles. The molecule has 1 amide bonds. The quantitative estimate of drug-likeness (QED) is 0.392. The number of hydrogen-bond acceptors (Lipinski definition) is 4. The highest BCUT2D eigenvalue weighted by molar-refractivity contribution is 5.87. The summed E-state index contributed by atoms with van der Waals surface area (Å²) in [4.78, 5) is 31.9. The summed E-state index contributed by atoms with van der Waals surface area (Å²) in [5.74, 6) is 0.509. The Bertz CT molecular complexity index is 1470. The van der Waals surface area contributed by atoms with Crippen LogP contribution in [-0.4, -0.2) is 38.0 Å². The van der Waals surface area contributed by atoms with Gasteiger partial charge >= 0.3 is 5.69 Å². The van der Waals surface area contributed by atoms with Gasteiger partial charge in [0.2, 0.25) is 5.91 Å². The number of likely N-dealkylation sites (tertiary alicyclic amines) is 1. The number of ether oxygens (including phenoxy) is 1. The Hall–Kier alpha value is -4.20. The molecule has 4 aromatic rings. The number of aromatic nitrogens is 3. The summed E-state index contributed by atoms with van der Waals surface area (Å²) in [6.07, 6.45) is 6.24. The number of halogens is 1. The Balaban J connectivity index is 1.51. The molecule has 3 heterocycles. The van der Waals surface area contributed by atoms with Crippen LogP contribution in [0.25, 0.3) is 16.7 Å². The standard InChI is InChI=1S/C27H25FN4O3/c1-3-26(33)30-15-5-6-20(17-30)32-23-13-14-29-16-24(23)31(27(32)34)19-9-11-21(12-10-19)35-25-8-4-7-22(28)18(25)2/h3-4,7-14,16,20H,1,5-6,15,17H2,2H3. The highest BCUT2D eigenvalue weighted by Gasteiger charge is 2.27. The lowest BCUT2D eigenvalue weighted by atomic mass is 10.1. The number of carbonyl (C=O) groups excluding carboxylic acids is 1. The van der Waals surface area contributed by atoms with Gasteiger partial charge in [-0.15, -0.1) is 0 Å². The van der Waals surface area contributed by atoms with Crippen molar-refractivity contribution in [3.8, 4) is 17.2 Å². The minimum atomic E-state index is -0.331. The second-order valence-corrected chi connectivity index (χ2v) is 8.60. The molecule has 2 aromatic carbocycles. The van der Waals surface area contributed by atoms with Gasteiger partial charge in [0.1, 0.15) is 17.3 Å². The fraction of sp³-hybridized carbons (Fsp3) is 0.222. The minimum Gasteiger partial charge on any atom is -0.457 e. The summed E-state index contributed by atoms with van der Waals surface area (Å²) >= 11 is 0. The highest BCUT2D eigenvalue weighted by Crippen LogP contribution is 2.29. The van der Waals surface area contributed by atoms with Crippen LogP contribution in [0.3, 0.4) is 0 Å². The molecule has 7 nitrogen and oxygen atoms in total. The number of fused-ring (bicyclic) bond motifs is 1. The van der Waals surface area contributed by atoms with Crippen LogP contribution in [-0.2, 0) is 4.79 Å². The van der Waals surface area contributed by atoms with Crippen molar-refractivity contribution in [1.29, 1.82) is 0 Å². The molecule has 1 unspecified atom stereocenters. The number of amides is 1. The molecule has 0 spiro atoms. The van der Waals surface area contributed by atoms with Crippen LogP contribution < -0.4 is 10.4 Å². The van der Waals surface area contributed by atoms with Gasteiger partial charge in [-0.2, -0.15) is 0 Å². The van der Waals surface area contributed by atoms with Gasteiger partial charge in [-0.1, -0.05) is 12.6 Å². The topological polar surface area (TPSA) is 69.4 Å². The maximum absolute atomic E-state index is 13.9. The van der Waals surface area contributed by atoms with E-state index in [0.29, 0.717) is 41.4 Å². The van der Waals surface area contributed by atoms with E-state index in [2.05, 4.69) is 11.6 Å². The van der Waals surface area contributed by atoms with Crippen LogP contribution in [0.5, 0.6) is 11.5 Å². The van der Waals surface area contributed by atoms with Crippen LogP contribution in [0, 0.1) is 12.7 Å². The zero-order valence-corrected chi connectivity index (χ0v) is 19.4. The molecule has 2 aromatic heterocycles. The van der Waals surface area contributed by atoms with Gasteiger partial charge in [0.15, 0.2) is 0 Å². The first-order chi connectivity index (χ1) is 17.0. The van der Waals surface area contributed by atoms with Crippen molar-refractivity contribution in [3.05, 3.63) is 95.4 Å². The average molecular weight is 473 g/mol. The number of imidazole rings is 1. The van der Waals surface area contributed by atoms with Gasteiger partial charge in [-0.25, -0.2) is 9.18 Å².